The second-order valence-electron chi connectivity index (χ2n) is 6.25. The largest absolute Gasteiger partial charge is 0.507 e. The summed E-state index contributed by atoms with van der Waals surface area (Å²) in [5, 5.41) is 19.2. The molecule has 0 unspecified atom stereocenters. The number of ketones is 1. The van der Waals surface area contributed by atoms with E-state index >= 15 is 0 Å². The van der Waals surface area contributed by atoms with E-state index in [1.165, 1.54) is 30.8 Å². The zero-order valence-corrected chi connectivity index (χ0v) is 16.6. The second-order valence-corrected chi connectivity index (χ2v) is 7.38. The van der Waals surface area contributed by atoms with Crippen LogP contribution in [0, 0.1) is 5.82 Å². The lowest BCUT2D eigenvalue weighted by molar-refractivity contribution is 0.0696. The summed E-state index contributed by atoms with van der Waals surface area (Å²) in [7, 11) is 0. The van der Waals surface area contributed by atoms with Crippen molar-refractivity contribution < 1.29 is 28.9 Å². The third kappa shape index (κ3) is 5.48. The van der Waals surface area contributed by atoms with Gasteiger partial charge in [-0.05, 0) is 50.1 Å². The van der Waals surface area contributed by atoms with Gasteiger partial charge in [0, 0.05) is 16.2 Å². The van der Waals surface area contributed by atoms with Crippen LogP contribution in [0.2, 0.25) is 0 Å². The number of hydrogen-bond acceptors (Lipinski definition) is 5. The normalized spacial score (nSPS) is 10.7. The second kappa shape index (κ2) is 10.1. The summed E-state index contributed by atoms with van der Waals surface area (Å²) in [5.41, 5.74) is 0.826. The van der Waals surface area contributed by atoms with Gasteiger partial charge >= 0.3 is 5.97 Å². The van der Waals surface area contributed by atoms with Gasteiger partial charge in [-0.1, -0.05) is 13.3 Å². The Labute approximate surface area is 167 Å². The lowest BCUT2D eigenvalue weighted by Gasteiger charge is -2.14. The molecule has 5 nitrogen and oxygen atoms in total. The van der Waals surface area contributed by atoms with E-state index in [9.17, 15) is 19.1 Å². The minimum atomic E-state index is -1.16. The van der Waals surface area contributed by atoms with E-state index in [0.717, 1.165) is 12.5 Å². The van der Waals surface area contributed by atoms with Crippen molar-refractivity contribution in [2.75, 3.05) is 12.4 Å². The Morgan fingerprint density at radius 2 is 1.96 bits per heavy atom. The average molecular weight is 406 g/mol. The fourth-order valence-electron chi connectivity index (χ4n) is 2.70. The molecule has 0 atom stereocenters. The minimum Gasteiger partial charge on any atom is -0.507 e. The quantitative estimate of drug-likeness (QED) is 0.330. The van der Waals surface area contributed by atoms with Crippen LogP contribution in [0.5, 0.6) is 11.5 Å². The lowest BCUT2D eigenvalue weighted by Crippen LogP contribution is -2.04. The molecule has 2 rings (SSSR count). The van der Waals surface area contributed by atoms with Crippen molar-refractivity contribution in [3.8, 4) is 11.5 Å². The van der Waals surface area contributed by atoms with E-state index in [1.807, 2.05) is 6.92 Å². The highest BCUT2D eigenvalue weighted by Gasteiger charge is 2.16. The SMILES string of the molecule is CCCc1c(OCCCSc2ccc(C(=O)O)cc2F)ccc(C(C)=O)c1O. The van der Waals surface area contributed by atoms with Gasteiger partial charge in [-0.2, -0.15) is 0 Å². The molecule has 0 saturated carbocycles. The molecule has 28 heavy (non-hydrogen) atoms. The summed E-state index contributed by atoms with van der Waals surface area (Å²) in [5.74, 6) is -0.808. The molecule has 0 aliphatic rings. The number of thioether (sulfide) groups is 1. The number of hydrogen-bond donors (Lipinski definition) is 2. The van der Waals surface area contributed by atoms with Gasteiger partial charge in [-0.15, -0.1) is 11.8 Å². The van der Waals surface area contributed by atoms with Crippen molar-refractivity contribution in [2.45, 2.75) is 38.0 Å². The monoisotopic (exact) mass is 406 g/mol. The summed E-state index contributed by atoms with van der Waals surface area (Å²) in [6, 6.07) is 7.10. The van der Waals surface area contributed by atoms with Crippen LogP contribution in [0.25, 0.3) is 0 Å². The number of ether oxygens (including phenoxy) is 1. The predicted molar refractivity (Wildman–Crippen MR) is 106 cm³/mol. The standard InChI is InChI=1S/C21H23FO5S/c1-3-5-16-18(8-7-15(13(2)23)20(16)24)27-10-4-11-28-19-9-6-14(21(25)26)12-17(19)22/h6-9,12,24H,3-5,10-11H2,1-2H3,(H,25,26). The minimum absolute atomic E-state index is 0.0261. The topological polar surface area (TPSA) is 83.8 Å². The fourth-order valence-corrected chi connectivity index (χ4v) is 3.55. The molecule has 0 heterocycles. The Morgan fingerprint density at radius 3 is 2.57 bits per heavy atom. The van der Waals surface area contributed by atoms with Crippen LogP contribution < -0.4 is 4.74 Å². The van der Waals surface area contributed by atoms with Gasteiger partial charge in [0.15, 0.2) is 5.78 Å². The first-order valence-corrected chi connectivity index (χ1v) is 9.98. The predicted octanol–water partition coefficient (Wildman–Crippen LogP) is 4.95. The van der Waals surface area contributed by atoms with Gasteiger partial charge in [0.1, 0.15) is 17.3 Å². The third-order valence-corrected chi connectivity index (χ3v) is 5.24. The van der Waals surface area contributed by atoms with Gasteiger partial charge in [-0.25, -0.2) is 9.18 Å². The van der Waals surface area contributed by atoms with Crippen molar-refractivity contribution >= 4 is 23.5 Å². The molecular weight excluding hydrogens is 383 g/mol. The number of aromatic carboxylic acids is 1. The first kappa shape index (κ1) is 21.8. The smallest absolute Gasteiger partial charge is 0.335 e. The van der Waals surface area contributed by atoms with Crippen LogP contribution in [-0.2, 0) is 6.42 Å². The number of aromatic hydroxyl groups is 1. The van der Waals surface area contributed by atoms with Gasteiger partial charge in [0.2, 0.25) is 0 Å². The van der Waals surface area contributed by atoms with Gasteiger partial charge in [0.05, 0.1) is 17.7 Å². The van der Waals surface area contributed by atoms with Gasteiger partial charge in [0.25, 0.3) is 0 Å². The molecule has 0 fully saturated rings. The van der Waals surface area contributed by atoms with E-state index in [4.69, 9.17) is 9.84 Å². The maximum atomic E-state index is 13.9. The van der Waals surface area contributed by atoms with E-state index < -0.39 is 11.8 Å². The molecular formula is C21H23FO5S. The average Bonchev–Trinajstić information content (AvgIpc) is 2.64. The number of carbonyl (C=O) groups excluding carboxylic acids is 1. The van der Waals surface area contributed by atoms with E-state index in [2.05, 4.69) is 0 Å². The Morgan fingerprint density at radius 1 is 1.21 bits per heavy atom. The van der Waals surface area contributed by atoms with E-state index in [0.29, 0.717) is 41.4 Å². The molecule has 0 saturated heterocycles. The highest BCUT2D eigenvalue weighted by atomic mass is 32.2. The lowest BCUT2D eigenvalue weighted by atomic mass is 10.0. The molecule has 0 amide bonds. The van der Waals surface area contributed by atoms with Gasteiger partial charge in [-0.3, -0.25) is 4.79 Å². The Hall–Kier alpha value is -2.54. The Bertz CT molecular complexity index is 866. The van der Waals surface area contributed by atoms with E-state index in [-0.39, 0.29) is 22.7 Å². The first-order valence-electron chi connectivity index (χ1n) is 8.99. The molecule has 2 aromatic carbocycles. The zero-order chi connectivity index (χ0) is 20.7. The molecule has 0 aliphatic heterocycles. The number of benzene rings is 2. The summed E-state index contributed by atoms with van der Waals surface area (Å²) in [6.45, 7) is 3.76. The van der Waals surface area contributed by atoms with Crippen molar-refractivity contribution in [2.24, 2.45) is 0 Å². The van der Waals surface area contributed by atoms with E-state index in [1.54, 1.807) is 12.1 Å². The molecule has 0 radical (unpaired) electrons. The number of carboxylic acids is 1. The Balaban J connectivity index is 1.92. The van der Waals surface area contributed by atoms with Crippen LogP contribution in [0.4, 0.5) is 4.39 Å². The number of phenols is 1. The molecule has 0 bridgehead atoms. The van der Waals surface area contributed by atoms with Crippen LogP contribution in [-0.4, -0.2) is 34.3 Å². The number of carboxylic acid groups (broad SMARTS) is 1. The zero-order valence-electron chi connectivity index (χ0n) is 15.8. The van der Waals surface area contributed by atoms with Crippen LogP contribution >= 0.6 is 11.8 Å². The summed E-state index contributed by atoms with van der Waals surface area (Å²) in [4.78, 5) is 22.8. The number of phenolic OH excluding ortho intramolecular Hbond substituents is 1. The highest BCUT2D eigenvalue weighted by molar-refractivity contribution is 7.99. The van der Waals surface area contributed by atoms with Gasteiger partial charge < -0.3 is 14.9 Å². The summed E-state index contributed by atoms with van der Waals surface area (Å²) >= 11 is 1.28. The maximum absolute atomic E-state index is 13.9. The molecule has 2 N–H and O–H groups in total. The van der Waals surface area contributed by atoms with Crippen LogP contribution in [0.3, 0.4) is 0 Å². The molecule has 150 valence electrons. The molecule has 0 aromatic heterocycles. The molecule has 0 aliphatic carbocycles. The number of rotatable bonds is 10. The fraction of sp³-hybridized carbons (Fsp3) is 0.333. The summed E-state index contributed by atoms with van der Waals surface area (Å²) < 4.78 is 19.7. The number of carbonyl (C=O) groups is 2. The highest BCUT2D eigenvalue weighted by Crippen LogP contribution is 2.33. The van der Waals surface area contributed by atoms with Crippen molar-refractivity contribution in [1.82, 2.24) is 0 Å². The summed E-state index contributed by atoms with van der Waals surface area (Å²) in [6.07, 6.45) is 2.02. The first-order chi connectivity index (χ1) is 13.3. The Kier molecular flexibility index (Phi) is 7.87. The van der Waals surface area contributed by atoms with Crippen LogP contribution in [0.1, 0.15) is 53.0 Å². The third-order valence-electron chi connectivity index (χ3n) is 4.10. The molecule has 2 aromatic rings. The van der Waals surface area contributed by atoms with Crippen molar-refractivity contribution in [1.29, 1.82) is 0 Å². The van der Waals surface area contributed by atoms with Crippen molar-refractivity contribution in [3.63, 3.8) is 0 Å². The molecule has 0 spiro atoms. The number of Topliss-reactive ketones (excluding diaryl/α,β-unsaturated/α-hetero) is 1. The maximum Gasteiger partial charge on any atom is 0.335 e. The number of halogens is 1. The molecule has 7 heteroatoms. The van der Waals surface area contributed by atoms with Crippen molar-refractivity contribution in [3.05, 3.63) is 52.8 Å². The van der Waals surface area contributed by atoms with Crippen LogP contribution in [0.15, 0.2) is 35.2 Å².